The summed E-state index contributed by atoms with van der Waals surface area (Å²) in [6.45, 7) is 0.575. The Morgan fingerprint density at radius 1 is 1.35 bits per heavy atom. The first kappa shape index (κ1) is 14.3. The van der Waals surface area contributed by atoms with Crippen LogP contribution in [0, 0.1) is 11.8 Å². The SMILES string of the molecule is CN(CCN)C(=O)C1CCCCC1C(F)(F)F. The molecule has 1 amide bonds. The van der Waals surface area contributed by atoms with Gasteiger partial charge < -0.3 is 10.6 Å². The highest BCUT2D eigenvalue weighted by Gasteiger charge is 2.48. The fourth-order valence-corrected chi connectivity index (χ4v) is 2.41. The fraction of sp³-hybridized carbons (Fsp3) is 0.909. The number of amides is 1. The molecule has 6 heteroatoms. The van der Waals surface area contributed by atoms with Crippen molar-refractivity contribution in [2.45, 2.75) is 31.9 Å². The van der Waals surface area contributed by atoms with Crippen LogP contribution in [0.3, 0.4) is 0 Å². The van der Waals surface area contributed by atoms with Crippen LogP contribution in [0.2, 0.25) is 0 Å². The van der Waals surface area contributed by atoms with E-state index < -0.39 is 23.9 Å². The molecule has 2 N–H and O–H groups in total. The molecule has 1 saturated carbocycles. The van der Waals surface area contributed by atoms with Gasteiger partial charge in [-0.3, -0.25) is 4.79 Å². The highest BCUT2D eigenvalue weighted by Crippen LogP contribution is 2.42. The van der Waals surface area contributed by atoms with E-state index in [9.17, 15) is 18.0 Å². The van der Waals surface area contributed by atoms with Crippen molar-refractivity contribution in [2.24, 2.45) is 17.6 Å². The second-order valence-electron chi connectivity index (χ2n) is 4.59. The van der Waals surface area contributed by atoms with Gasteiger partial charge in [0.2, 0.25) is 5.91 Å². The van der Waals surface area contributed by atoms with E-state index in [1.54, 1.807) is 0 Å². The Kier molecular flexibility index (Phi) is 4.80. The number of hydrogen-bond donors (Lipinski definition) is 1. The van der Waals surface area contributed by atoms with Crippen LogP contribution >= 0.6 is 0 Å². The van der Waals surface area contributed by atoms with Crippen molar-refractivity contribution in [1.29, 1.82) is 0 Å². The van der Waals surface area contributed by atoms with Crippen LogP contribution in [0.25, 0.3) is 0 Å². The van der Waals surface area contributed by atoms with Crippen LogP contribution in [0.5, 0.6) is 0 Å². The normalized spacial score (nSPS) is 25.7. The number of likely N-dealkylation sites (N-methyl/N-ethyl adjacent to an activating group) is 1. The summed E-state index contributed by atoms with van der Waals surface area (Å²) in [6.07, 6.45) is -2.63. The molecule has 1 rings (SSSR count). The van der Waals surface area contributed by atoms with E-state index in [0.29, 0.717) is 25.8 Å². The molecule has 100 valence electrons. The lowest BCUT2D eigenvalue weighted by atomic mass is 9.78. The molecule has 2 atom stereocenters. The smallest absolute Gasteiger partial charge is 0.344 e. The molecule has 1 aliphatic rings. The maximum atomic E-state index is 12.8. The molecule has 0 aromatic heterocycles. The number of hydrogen-bond acceptors (Lipinski definition) is 2. The van der Waals surface area contributed by atoms with Crippen LogP contribution in [-0.4, -0.2) is 37.1 Å². The Bertz CT molecular complexity index is 268. The van der Waals surface area contributed by atoms with E-state index in [1.807, 2.05) is 0 Å². The van der Waals surface area contributed by atoms with Crippen LogP contribution in [0.15, 0.2) is 0 Å². The van der Waals surface area contributed by atoms with Gasteiger partial charge in [0.05, 0.1) is 5.92 Å². The maximum Gasteiger partial charge on any atom is 0.392 e. The van der Waals surface area contributed by atoms with Gasteiger partial charge in [-0.05, 0) is 12.8 Å². The second-order valence-corrected chi connectivity index (χ2v) is 4.59. The summed E-state index contributed by atoms with van der Waals surface area (Å²) in [5, 5.41) is 0. The number of halogens is 3. The molecule has 0 saturated heterocycles. The summed E-state index contributed by atoms with van der Waals surface area (Å²) >= 11 is 0. The maximum absolute atomic E-state index is 12.8. The van der Waals surface area contributed by atoms with Crippen molar-refractivity contribution in [2.75, 3.05) is 20.1 Å². The molecule has 0 spiro atoms. The fourth-order valence-electron chi connectivity index (χ4n) is 2.41. The number of carbonyl (C=O) groups excluding carboxylic acids is 1. The molecular weight excluding hydrogens is 233 g/mol. The van der Waals surface area contributed by atoms with Crippen molar-refractivity contribution in [3.05, 3.63) is 0 Å². The van der Waals surface area contributed by atoms with Gasteiger partial charge in [0.1, 0.15) is 0 Å². The average Bonchev–Trinajstić information content (AvgIpc) is 2.27. The first-order valence-corrected chi connectivity index (χ1v) is 5.89. The lowest BCUT2D eigenvalue weighted by Gasteiger charge is -2.34. The van der Waals surface area contributed by atoms with Gasteiger partial charge in [-0.25, -0.2) is 0 Å². The van der Waals surface area contributed by atoms with Crippen LogP contribution < -0.4 is 5.73 Å². The highest BCUT2D eigenvalue weighted by molar-refractivity contribution is 5.79. The average molecular weight is 252 g/mol. The van der Waals surface area contributed by atoms with Gasteiger partial charge >= 0.3 is 6.18 Å². The van der Waals surface area contributed by atoms with E-state index in [-0.39, 0.29) is 13.0 Å². The zero-order valence-corrected chi connectivity index (χ0v) is 9.96. The van der Waals surface area contributed by atoms with Gasteiger partial charge in [-0.15, -0.1) is 0 Å². The third-order valence-corrected chi connectivity index (χ3v) is 3.34. The number of rotatable bonds is 3. The molecule has 0 radical (unpaired) electrons. The molecule has 0 aromatic carbocycles. The third-order valence-electron chi connectivity index (χ3n) is 3.34. The standard InChI is InChI=1S/C11H19F3N2O/c1-16(7-6-15)10(17)8-4-2-3-5-9(8)11(12,13)14/h8-9H,2-7,15H2,1H3. The first-order valence-electron chi connectivity index (χ1n) is 5.89. The van der Waals surface area contributed by atoms with Gasteiger partial charge in [-0.1, -0.05) is 12.8 Å². The Morgan fingerprint density at radius 3 is 2.47 bits per heavy atom. The predicted molar refractivity (Wildman–Crippen MR) is 58.2 cm³/mol. The number of alkyl halides is 3. The molecule has 17 heavy (non-hydrogen) atoms. The van der Waals surface area contributed by atoms with Crippen molar-refractivity contribution in [1.82, 2.24) is 4.90 Å². The van der Waals surface area contributed by atoms with E-state index in [1.165, 1.54) is 11.9 Å². The van der Waals surface area contributed by atoms with E-state index in [4.69, 9.17) is 5.73 Å². The quantitative estimate of drug-likeness (QED) is 0.832. The lowest BCUT2D eigenvalue weighted by molar-refractivity contribution is -0.200. The van der Waals surface area contributed by atoms with Crippen molar-refractivity contribution < 1.29 is 18.0 Å². The minimum absolute atomic E-state index is 0.0658. The Balaban J connectivity index is 2.74. The third kappa shape index (κ3) is 3.59. The van der Waals surface area contributed by atoms with Crippen LogP contribution in [0.4, 0.5) is 13.2 Å². The summed E-state index contributed by atoms with van der Waals surface area (Å²) in [7, 11) is 1.51. The summed E-state index contributed by atoms with van der Waals surface area (Å²) < 4.78 is 38.4. The lowest BCUT2D eigenvalue weighted by Crippen LogP contribution is -2.44. The van der Waals surface area contributed by atoms with Crippen molar-refractivity contribution in [3.63, 3.8) is 0 Å². The monoisotopic (exact) mass is 252 g/mol. The minimum Gasteiger partial charge on any atom is -0.344 e. The predicted octanol–water partition coefficient (Wildman–Crippen LogP) is 1.77. The van der Waals surface area contributed by atoms with Gasteiger partial charge in [0, 0.05) is 26.1 Å². The summed E-state index contributed by atoms with van der Waals surface area (Å²) in [4.78, 5) is 13.2. The largest absolute Gasteiger partial charge is 0.392 e. The molecule has 3 nitrogen and oxygen atoms in total. The summed E-state index contributed by atoms with van der Waals surface area (Å²) in [5.41, 5.74) is 5.30. The zero-order valence-electron chi connectivity index (χ0n) is 9.96. The molecular formula is C11H19F3N2O. The van der Waals surface area contributed by atoms with Crippen molar-refractivity contribution in [3.8, 4) is 0 Å². The van der Waals surface area contributed by atoms with E-state index in [0.717, 1.165) is 0 Å². The van der Waals surface area contributed by atoms with Crippen LogP contribution in [-0.2, 0) is 4.79 Å². The molecule has 1 fully saturated rings. The second kappa shape index (κ2) is 5.71. The van der Waals surface area contributed by atoms with Gasteiger partial charge in [0.15, 0.2) is 0 Å². The van der Waals surface area contributed by atoms with Crippen LogP contribution in [0.1, 0.15) is 25.7 Å². The molecule has 0 aromatic rings. The Hall–Kier alpha value is -0.780. The Morgan fingerprint density at radius 2 is 1.94 bits per heavy atom. The molecule has 0 aliphatic heterocycles. The number of nitrogens with zero attached hydrogens (tertiary/aromatic N) is 1. The molecule has 1 aliphatic carbocycles. The van der Waals surface area contributed by atoms with E-state index >= 15 is 0 Å². The number of nitrogens with two attached hydrogens (primary N) is 1. The number of carbonyl (C=O) groups is 1. The summed E-state index contributed by atoms with van der Waals surface area (Å²) in [5.74, 6) is -2.82. The highest BCUT2D eigenvalue weighted by atomic mass is 19.4. The first-order chi connectivity index (χ1) is 7.88. The van der Waals surface area contributed by atoms with E-state index in [2.05, 4.69) is 0 Å². The van der Waals surface area contributed by atoms with Gasteiger partial charge in [-0.2, -0.15) is 13.2 Å². The molecule has 0 heterocycles. The Labute approximate surface area is 99.1 Å². The minimum atomic E-state index is -4.27. The van der Waals surface area contributed by atoms with Gasteiger partial charge in [0.25, 0.3) is 0 Å². The summed E-state index contributed by atoms with van der Waals surface area (Å²) in [6, 6.07) is 0. The molecule has 2 unspecified atom stereocenters. The zero-order chi connectivity index (χ0) is 13.1. The molecule has 0 bridgehead atoms. The topological polar surface area (TPSA) is 46.3 Å². The van der Waals surface area contributed by atoms with Crippen molar-refractivity contribution >= 4 is 5.91 Å².